The summed E-state index contributed by atoms with van der Waals surface area (Å²) in [6.07, 6.45) is 11.2. The largest absolute Gasteiger partial charge is 0.465 e. The molecule has 4 nitrogen and oxygen atoms in total. The van der Waals surface area contributed by atoms with Gasteiger partial charge in [-0.05, 0) is 75.5 Å². The van der Waals surface area contributed by atoms with E-state index in [1.807, 2.05) is 0 Å². The van der Waals surface area contributed by atoms with Gasteiger partial charge < -0.3 is 9.84 Å². The van der Waals surface area contributed by atoms with Crippen LogP contribution in [0.4, 0.5) is 0 Å². The molecule has 5 fully saturated rings. The highest BCUT2D eigenvalue weighted by Gasteiger charge is 2.58. The molecule has 6 bridgehead atoms. The number of carbonyl (C=O) groups excluding carboxylic acids is 2. The second-order valence-electron chi connectivity index (χ2n) is 9.90. The summed E-state index contributed by atoms with van der Waals surface area (Å²) in [5, 5.41) is 10.9. The molecule has 6 rings (SSSR count). The number of allylic oxidation sites excluding steroid dienone is 2. The number of hydrogen-bond acceptors (Lipinski definition) is 4. The summed E-state index contributed by atoms with van der Waals surface area (Å²) in [7, 11) is 0. The molecule has 0 aliphatic heterocycles. The van der Waals surface area contributed by atoms with E-state index in [2.05, 4.69) is 12.2 Å². The predicted octanol–water partition coefficient (Wildman–Crippen LogP) is 2.89. The molecule has 4 heteroatoms. The number of hydrogen-bond donors (Lipinski definition) is 1. The van der Waals surface area contributed by atoms with Gasteiger partial charge in [0.2, 0.25) is 0 Å². The molecule has 0 aromatic heterocycles. The van der Waals surface area contributed by atoms with E-state index >= 15 is 0 Å². The van der Waals surface area contributed by atoms with Gasteiger partial charge in [0.25, 0.3) is 0 Å². The number of fused-ring (bicyclic) bond motifs is 2. The van der Waals surface area contributed by atoms with Crippen LogP contribution in [0.2, 0.25) is 0 Å². The molecule has 0 spiro atoms. The van der Waals surface area contributed by atoms with Crippen molar-refractivity contribution >= 4 is 11.8 Å². The van der Waals surface area contributed by atoms with Crippen LogP contribution in [0, 0.1) is 40.9 Å². The van der Waals surface area contributed by atoms with Crippen LogP contribution in [0.15, 0.2) is 12.2 Å². The minimum atomic E-state index is -0.520. The van der Waals surface area contributed by atoms with Gasteiger partial charge in [-0.1, -0.05) is 12.2 Å². The standard InChI is InChI=1S/C21H28O4/c1-12(22)17-15-2-3-16(5-15)18(17)19(23)25-11-20-6-13-4-14(7-20)9-21(24,8-13)10-20/h2-3,13-18,24H,4-11H2,1H3. The van der Waals surface area contributed by atoms with E-state index in [4.69, 9.17) is 4.74 Å². The molecular formula is C21H28O4. The van der Waals surface area contributed by atoms with Crippen molar-refractivity contribution in [2.24, 2.45) is 40.9 Å². The van der Waals surface area contributed by atoms with Crippen LogP contribution in [0.5, 0.6) is 0 Å². The van der Waals surface area contributed by atoms with Crippen molar-refractivity contribution in [3.05, 3.63) is 12.2 Å². The van der Waals surface area contributed by atoms with E-state index in [1.165, 1.54) is 6.42 Å². The first-order valence-electron chi connectivity index (χ1n) is 9.94. The molecule has 0 radical (unpaired) electrons. The Morgan fingerprint density at radius 3 is 2.28 bits per heavy atom. The molecule has 0 amide bonds. The van der Waals surface area contributed by atoms with E-state index in [1.54, 1.807) is 6.92 Å². The number of Topliss-reactive ketones (excluding diaryl/α,β-unsaturated/α-hetero) is 1. The average molecular weight is 344 g/mol. The maximum Gasteiger partial charge on any atom is 0.310 e. The molecule has 5 saturated carbocycles. The van der Waals surface area contributed by atoms with Crippen LogP contribution in [0.1, 0.15) is 51.9 Å². The van der Waals surface area contributed by atoms with Crippen LogP contribution in [0.25, 0.3) is 0 Å². The minimum absolute atomic E-state index is 0.0202. The van der Waals surface area contributed by atoms with Crippen molar-refractivity contribution in [3.8, 4) is 0 Å². The van der Waals surface area contributed by atoms with Crippen LogP contribution < -0.4 is 0 Å². The number of rotatable bonds is 4. The Labute approximate surface area is 149 Å². The van der Waals surface area contributed by atoms with Crippen molar-refractivity contribution < 1.29 is 19.4 Å². The van der Waals surface area contributed by atoms with Gasteiger partial charge in [0.05, 0.1) is 18.1 Å². The smallest absolute Gasteiger partial charge is 0.310 e. The predicted molar refractivity (Wildman–Crippen MR) is 91.4 cm³/mol. The van der Waals surface area contributed by atoms with Crippen molar-refractivity contribution in [2.45, 2.75) is 57.5 Å². The summed E-state index contributed by atoms with van der Waals surface area (Å²) in [6, 6.07) is 0. The quantitative estimate of drug-likeness (QED) is 0.629. The molecule has 0 saturated heterocycles. The first kappa shape index (κ1) is 16.0. The van der Waals surface area contributed by atoms with Crippen molar-refractivity contribution in [1.82, 2.24) is 0 Å². The Bertz CT molecular complexity index is 636. The van der Waals surface area contributed by atoms with Gasteiger partial charge >= 0.3 is 5.97 Å². The van der Waals surface area contributed by atoms with Crippen molar-refractivity contribution in [2.75, 3.05) is 6.61 Å². The Kier molecular flexibility index (Phi) is 3.33. The van der Waals surface area contributed by atoms with Gasteiger partial charge in [-0.15, -0.1) is 0 Å². The fraction of sp³-hybridized carbons (Fsp3) is 0.810. The fourth-order valence-electron chi connectivity index (χ4n) is 7.59. The second-order valence-corrected chi connectivity index (χ2v) is 9.90. The molecule has 6 unspecified atom stereocenters. The molecule has 0 aromatic rings. The minimum Gasteiger partial charge on any atom is -0.465 e. The summed E-state index contributed by atoms with van der Waals surface area (Å²) in [4.78, 5) is 24.9. The first-order valence-corrected chi connectivity index (χ1v) is 9.94. The third-order valence-corrected chi connectivity index (χ3v) is 7.87. The summed E-state index contributed by atoms with van der Waals surface area (Å²) in [5.74, 6) is 1.04. The number of carbonyl (C=O) groups is 2. The molecule has 1 N–H and O–H groups in total. The van der Waals surface area contributed by atoms with E-state index in [0.29, 0.717) is 18.4 Å². The topological polar surface area (TPSA) is 63.6 Å². The lowest BCUT2D eigenvalue weighted by molar-refractivity contribution is -0.189. The lowest BCUT2D eigenvalue weighted by atomic mass is 9.48. The third-order valence-electron chi connectivity index (χ3n) is 7.87. The Balaban J connectivity index is 1.29. The zero-order valence-electron chi connectivity index (χ0n) is 14.9. The molecule has 6 aliphatic rings. The van der Waals surface area contributed by atoms with E-state index in [-0.39, 0.29) is 40.8 Å². The molecular weight excluding hydrogens is 316 g/mol. The Morgan fingerprint density at radius 1 is 1.04 bits per heavy atom. The maximum absolute atomic E-state index is 12.9. The van der Waals surface area contributed by atoms with Gasteiger partial charge in [0.1, 0.15) is 5.78 Å². The summed E-state index contributed by atoms with van der Waals surface area (Å²) < 4.78 is 5.85. The van der Waals surface area contributed by atoms with Crippen LogP contribution >= 0.6 is 0 Å². The van der Waals surface area contributed by atoms with Gasteiger partial charge in [0.15, 0.2) is 0 Å². The van der Waals surface area contributed by atoms with E-state index in [0.717, 1.165) is 38.5 Å². The van der Waals surface area contributed by atoms with Gasteiger partial charge in [0, 0.05) is 11.3 Å². The summed E-state index contributed by atoms with van der Waals surface area (Å²) in [6.45, 7) is 2.04. The molecule has 25 heavy (non-hydrogen) atoms. The van der Waals surface area contributed by atoms with Crippen LogP contribution in [-0.4, -0.2) is 29.1 Å². The normalized spacial score (nSPS) is 51.9. The maximum atomic E-state index is 12.9. The molecule has 0 aromatic carbocycles. The van der Waals surface area contributed by atoms with Crippen molar-refractivity contribution in [3.63, 3.8) is 0 Å². The Hall–Kier alpha value is -1.16. The zero-order chi connectivity index (χ0) is 17.4. The monoisotopic (exact) mass is 344 g/mol. The van der Waals surface area contributed by atoms with E-state index in [9.17, 15) is 14.7 Å². The highest BCUT2D eigenvalue weighted by atomic mass is 16.5. The number of aliphatic hydroxyl groups is 1. The van der Waals surface area contributed by atoms with Gasteiger partial charge in [-0.25, -0.2) is 0 Å². The molecule has 6 atom stereocenters. The zero-order valence-corrected chi connectivity index (χ0v) is 14.9. The SMILES string of the molecule is CC(=O)C1C2C=CC(C2)C1C(=O)OCC12CC3CC(CC(O)(C3)C1)C2. The van der Waals surface area contributed by atoms with Gasteiger partial charge in [-0.3, -0.25) is 9.59 Å². The summed E-state index contributed by atoms with van der Waals surface area (Å²) >= 11 is 0. The highest BCUT2D eigenvalue weighted by molar-refractivity contribution is 5.87. The first-order chi connectivity index (χ1) is 11.9. The Morgan fingerprint density at radius 2 is 1.68 bits per heavy atom. The number of esters is 1. The van der Waals surface area contributed by atoms with Crippen molar-refractivity contribution in [1.29, 1.82) is 0 Å². The molecule has 136 valence electrons. The molecule has 0 heterocycles. The third kappa shape index (κ3) is 2.43. The second kappa shape index (κ2) is 5.18. The number of ketones is 1. The molecule has 6 aliphatic carbocycles. The fourth-order valence-corrected chi connectivity index (χ4v) is 7.59. The van der Waals surface area contributed by atoms with Gasteiger partial charge in [-0.2, -0.15) is 0 Å². The van der Waals surface area contributed by atoms with Crippen LogP contribution in [0.3, 0.4) is 0 Å². The highest BCUT2D eigenvalue weighted by Crippen LogP contribution is 2.61. The lowest BCUT2D eigenvalue weighted by Crippen LogP contribution is -2.57. The average Bonchev–Trinajstić information content (AvgIpc) is 3.11. The lowest BCUT2D eigenvalue weighted by Gasteiger charge is -2.59. The van der Waals surface area contributed by atoms with Crippen LogP contribution in [-0.2, 0) is 14.3 Å². The van der Waals surface area contributed by atoms with E-state index < -0.39 is 5.60 Å². The number of ether oxygens (including phenoxy) is 1. The summed E-state index contributed by atoms with van der Waals surface area (Å²) in [5.41, 5.74) is -0.540.